The van der Waals surface area contributed by atoms with Gasteiger partial charge in [0.05, 0.1) is 23.0 Å². The minimum Gasteiger partial charge on any atom is -0.296 e. The maximum atomic E-state index is 13.3. The lowest BCUT2D eigenvalue weighted by Crippen LogP contribution is -2.35. The van der Waals surface area contributed by atoms with Crippen molar-refractivity contribution in [1.82, 2.24) is 19.2 Å². The molecule has 0 radical (unpaired) electrons. The number of nitrogens with zero attached hydrogens (tertiary/aromatic N) is 5. The second-order valence-electron chi connectivity index (χ2n) is 7.31. The zero-order valence-electron chi connectivity index (χ0n) is 16.2. The van der Waals surface area contributed by atoms with Crippen molar-refractivity contribution in [1.29, 1.82) is 0 Å². The van der Waals surface area contributed by atoms with E-state index in [1.165, 1.54) is 34.2 Å². The summed E-state index contributed by atoms with van der Waals surface area (Å²) < 4.78 is 43.5. The minimum absolute atomic E-state index is 0.198. The molecule has 0 spiro atoms. The minimum atomic E-state index is -4.48. The highest BCUT2D eigenvalue weighted by molar-refractivity contribution is 7.71. The van der Waals surface area contributed by atoms with E-state index in [0.29, 0.717) is 10.6 Å². The molecule has 3 aromatic rings. The number of rotatable bonds is 8. The molecule has 0 bridgehead atoms. The van der Waals surface area contributed by atoms with Crippen LogP contribution in [0.3, 0.4) is 0 Å². The molecule has 0 atom stereocenters. The Kier molecular flexibility index (Phi) is 5.95. The number of para-hydroxylation sites is 1. The lowest BCUT2D eigenvalue weighted by atomic mass is 10.1. The summed E-state index contributed by atoms with van der Waals surface area (Å²) in [7, 11) is 0. The van der Waals surface area contributed by atoms with E-state index in [9.17, 15) is 23.3 Å². The molecule has 0 aliphatic heterocycles. The number of thiophene rings is 1. The van der Waals surface area contributed by atoms with Gasteiger partial charge in [-0.1, -0.05) is 24.3 Å². The zero-order valence-corrected chi connectivity index (χ0v) is 17.8. The predicted molar refractivity (Wildman–Crippen MR) is 112 cm³/mol. The Morgan fingerprint density at radius 3 is 2.61 bits per heavy atom. The highest BCUT2D eigenvalue weighted by Gasteiger charge is 2.33. The second kappa shape index (κ2) is 8.52. The first-order valence-electron chi connectivity index (χ1n) is 9.47. The summed E-state index contributed by atoms with van der Waals surface area (Å²) in [4.78, 5) is 12.7. The summed E-state index contributed by atoms with van der Waals surface area (Å²) in [5.41, 5.74) is -0.0237. The van der Waals surface area contributed by atoms with Gasteiger partial charge in [-0.15, -0.1) is 16.4 Å². The molecule has 1 aromatic carbocycles. The average Bonchev–Trinajstić information content (AvgIpc) is 3.27. The summed E-state index contributed by atoms with van der Waals surface area (Å²) in [6.07, 6.45) is -2.59. The van der Waals surface area contributed by atoms with Gasteiger partial charge in [-0.2, -0.15) is 13.2 Å². The Balaban J connectivity index is 1.67. The van der Waals surface area contributed by atoms with E-state index in [2.05, 4.69) is 5.10 Å². The molecule has 1 fully saturated rings. The normalized spacial score (nSPS) is 14.3. The second-order valence-corrected chi connectivity index (χ2v) is 8.63. The molecule has 1 saturated carbocycles. The predicted octanol–water partition coefficient (Wildman–Crippen LogP) is 5.41. The van der Waals surface area contributed by atoms with Crippen LogP contribution >= 0.6 is 23.6 Å². The fraction of sp³-hybridized carbons (Fsp3) is 0.368. The molecule has 0 N–H and O–H groups in total. The van der Waals surface area contributed by atoms with Crippen LogP contribution in [0.15, 0.2) is 41.8 Å². The van der Waals surface area contributed by atoms with Crippen LogP contribution in [0.5, 0.6) is 0 Å². The average molecular weight is 470 g/mol. The van der Waals surface area contributed by atoms with Crippen molar-refractivity contribution < 1.29 is 18.1 Å². The van der Waals surface area contributed by atoms with Gasteiger partial charge in [0.1, 0.15) is 0 Å². The molecule has 2 heterocycles. The Bertz CT molecular complexity index is 1140. The van der Waals surface area contributed by atoms with Crippen molar-refractivity contribution in [2.75, 3.05) is 6.54 Å². The Morgan fingerprint density at radius 2 is 2.00 bits per heavy atom. The molecular formula is C19H18F3N5O2S2. The third-order valence-corrected chi connectivity index (χ3v) is 6.12. The van der Waals surface area contributed by atoms with Crippen LogP contribution in [0, 0.1) is 14.9 Å². The highest BCUT2D eigenvalue weighted by Crippen LogP contribution is 2.39. The third kappa shape index (κ3) is 5.02. The molecule has 4 rings (SSSR count). The fourth-order valence-electron chi connectivity index (χ4n) is 3.41. The van der Waals surface area contributed by atoms with Crippen LogP contribution in [0.4, 0.5) is 18.9 Å². The monoisotopic (exact) mass is 469 g/mol. The molecule has 1 aliphatic carbocycles. The van der Waals surface area contributed by atoms with E-state index in [-0.39, 0.29) is 30.5 Å². The molecule has 7 nitrogen and oxygen atoms in total. The number of benzene rings is 1. The molecule has 164 valence electrons. The Hall–Kier alpha value is -2.57. The van der Waals surface area contributed by atoms with Crippen molar-refractivity contribution in [3.05, 3.63) is 62.2 Å². The third-order valence-electron chi connectivity index (χ3n) is 4.84. The van der Waals surface area contributed by atoms with Crippen molar-refractivity contribution in [2.24, 2.45) is 0 Å². The highest BCUT2D eigenvalue weighted by atomic mass is 32.1. The van der Waals surface area contributed by atoms with E-state index in [4.69, 9.17) is 12.2 Å². The summed E-state index contributed by atoms with van der Waals surface area (Å²) in [5, 5.41) is 17.7. The molecule has 0 amide bonds. The molecule has 1 aliphatic rings. The van der Waals surface area contributed by atoms with Gasteiger partial charge in [-0.3, -0.25) is 19.6 Å². The number of hydrogen-bond donors (Lipinski definition) is 0. The van der Waals surface area contributed by atoms with Gasteiger partial charge in [-0.05, 0) is 36.5 Å². The number of halogens is 3. The number of alkyl halides is 3. The lowest BCUT2D eigenvalue weighted by Gasteiger charge is -2.23. The number of nitro benzene ring substituents is 1. The summed E-state index contributed by atoms with van der Waals surface area (Å²) in [6.45, 7) is -1.74. The van der Waals surface area contributed by atoms with E-state index >= 15 is 0 Å². The van der Waals surface area contributed by atoms with Gasteiger partial charge in [0.2, 0.25) is 0 Å². The first kappa shape index (κ1) is 21.7. The summed E-state index contributed by atoms with van der Waals surface area (Å²) in [6, 6.07) is 9.76. The van der Waals surface area contributed by atoms with Crippen LogP contribution in [0.25, 0.3) is 10.7 Å². The van der Waals surface area contributed by atoms with Gasteiger partial charge in [0.25, 0.3) is 5.69 Å². The SMILES string of the molecule is O=[N+]([O-])c1ccccc1CN(Cn1nc(-c2cccs2)n(C2CC2)c1=S)CC(F)(F)F. The maximum absolute atomic E-state index is 13.3. The van der Waals surface area contributed by atoms with Crippen LogP contribution in [0.2, 0.25) is 0 Å². The summed E-state index contributed by atoms with van der Waals surface area (Å²) >= 11 is 7.03. The van der Waals surface area contributed by atoms with Crippen molar-refractivity contribution in [2.45, 2.75) is 38.3 Å². The van der Waals surface area contributed by atoms with Crippen molar-refractivity contribution >= 4 is 29.2 Å². The van der Waals surface area contributed by atoms with Gasteiger partial charge in [0, 0.05) is 24.2 Å². The molecule has 2 aromatic heterocycles. The number of nitro groups is 1. The van der Waals surface area contributed by atoms with Crippen LogP contribution in [-0.2, 0) is 13.2 Å². The quantitative estimate of drug-likeness (QED) is 0.251. The van der Waals surface area contributed by atoms with Gasteiger partial charge in [-0.25, -0.2) is 4.68 Å². The molecule has 31 heavy (non-hydrogen) atoms. The van der Waals surface area contributed by atoms with Crippen molar-refractivity contribution in [3.8, 4) is 10.7 Å². The van der Waals surface area contributed by atoms with E-state index < -0.39 is 17.6 Å². The first-order valence-corrected chi connectivity index (χ1v) is 10.8. The van der Waals surface area contributed by atoms with E-state index in [1.807, 2.05) is 22.1 Å². The van der Waals surface area contributed by atoms with E-state index in [0.717, 1.165) is 22.6 Å². The molecule has 0 saturated heterocycles. The Labute approximate surface area is 184 Å². The van der Waals surface area contributed by atoms with Crippen LogP contribution in [-0.4, -0.2) is 36.9 Å². The summed E-state index contributed by atoms with van der Waals surface area (Å²) in [5.74, 6) is 0.639. The maximum Gasteiger partial charge on any atom is 0.401 e. The number of hydrogen-bond acceptors (Lipinski definition) is 6. The van der Waals surface area contributed by atoms with Gasteiger partial charge >= 0.3 is 6.18 Å². The zero-order chi connectivity index (χ0) is 22.2. The van der Waals surface area contributed by atoms with E-state index in [1.54, 1.807) is 6.07 Å². The smallest absolute Gasteiger partial charge is 0.296 e. The van der Waals surface area contributed by atoms with Gasteiger partial charge in [0.15, 0.2) is 10.6 Å². The van der Waals surface area contributed by atoms with Gasteiger partial charge < -0.3 is 0 Å². The fourth-order valence-corrected chi connectivity index (χ4v) is 4.45. The lowest BCUT2D eigenvalue weighted by molar-refractivity contribution is -0.385. The molecule has 12 heteroatoms. The topological polar surface area (TPSA) is 69.1 Å². The number of aromatic nitrogens is 3. The van der Waals surface area contributed by atoms with Crippen LogP contribution in [0.1, 0.15) is 24.4 Å². The first-order chi connectivity index (χ1) is 14.7. The molecule has 0 unspecified atom stereocenters. The van der Waals surface area contributed by atoms with Crippen molar-refractivity contribution in [3.63, 3.8) is 0 Å². The Morgan fingerprint density at radius 1 is 1.26 bits per heavy atom. The molecular weight excluding hydrogens is 451 g/mol. The largest absolute Gasteiger partial charge is 0.401 e. The van der Waals surface area contributed by atoms with Crippen LogP contribution < -0.4 is 0 Å². The standard InChI is InChI=1S/C19H18F3N5O2S2/c20-19(21,22)11-24(10-13-4-1-2-5-15(13)27(28)29)12-25-18(30)26(14-7-8-14)17(23-25)16-6-3-9-31-16/h1-6,9,14H,7-8,10-12H2.